The van der Waals surface area contributed by atoms with Gasteiger partial charge in [0.1, 0.15) is 0 Å². The molecule has 0 fully saturated rings. The molecular weight excluding hydrogens is 294 g/mol. The van der Waals surface area contributed by atoms with E-state index in [9.17, 15) is 4.79 Å². The van der Waals surface area contributed by atoms with Gasteiger partial charge in [0.2, 0.25) is 5.91 Å². The van der Waals surface area contributed by atoms with Crippen LogP contribution in [0.15, 0.2) is 22.8 Å². The highest BCUT2D eigenvalue weighted by molar-refractivity contribution is 9.10. The first-order valence-electron chi connectivity index (χ1n) is 5.83. The van der Waals surface area contributed by atoms with Crippen LogP contribution in [0.4, 0.5) is 0 Å². The quantitative estimate of drug-likeness (QED) is 0.750. The molecule has 0 bridgehead atoms. The summed E-state index contributed by atoms with van der Waals surface area (Å²) in [4.78, 5) is 22.1. The van der Waals surface area contributed by atoms with Crippen LogP contribution in [0.2, 0.25) is 0 Å². The molecule has 0 saturated heterocycles. The number of hydrogen-bond acceptors (Lipinski definition) is 3. The fraction of sp³-hybridized carbons (Fsp3) is 0.308. The molecule has 1 aliphatic heterocycles. The van der Waals surface area contributed by atoms with Crippen LogP contribution < -0.4 is 0 Å². The largest absolute Gasteiger partial charge is 0.338 e. The van der Waals surface area contributed by atoms with Gasteiger partial charge in [-0.3, -0.25) is 4.79 Å². The second-order valence-corrected chi connectivity index (χ2v) is 5.40. The van der Waals surface area contributed by atoms with E-state index in [-0.39, 0.29) is 5.91 Å². The molecule has 0 saturated carbocycles. The molecule has 1 aliphatic rings. The van der Waals surface area contributed by atoms with Crippen molar-refractivity contribution < 1.29 is 4.79 Å². The SMILES string of the molecule is CC(=O)N1CCc2nc3ncc(Br)cc3cc2C1. The molecule has 2 aromatic heterocycles. The minimum absolute atomic E-state index is 0.119. The van der Waals surface area contributed by atoms with Crippen LogP contribution in [0.25, 0.3) is 11.0 Å². The molecule has 18 heavy (non-hydrogen) atoms. The number of halogens is 1. The Hall–Kier alpha value is -1.49. The molecule has 0 spiro atoms. The van der Waals surface area contributed by atoms with Crippen LogP contribution in [-0.2, 0) is 17.8 Å². The van der Waals surface area contributed by atoms with Gasteiger partial charge >= 0.3 is 0 Å². The van der Waals surface area contributed by atoms with Crippen molar-refractivity contribution in [2.75, 3.05) is 6.54 Å². The number of aromatic nitrogens is 2. The van der Waals surface area contributed by atoms with Gasteiger partial charge in [-0.25, -0.2) is 9.97 Å². The van der Waals surface area contributed by atoms with E-state index < -0.39 is 0 Å². The maximum atomic E-state index is 11.4. The second-order valence-electron chi connectivity index (χ2n) is 4.49. The molecule has 3 heterocycles. The van der Waals surface area contributed by atoms with Gasteiger partial charge in [0.25, 0.3) is 0 Å². The Labute approximate surface area is 113 Å². The number of nitrogens with zero attached hydrogens (tertiary/aromatic N) is 3. The van der Waals surface area contributed by atoms with E-state index in [1.807, 2.05) is 11.0 Å². The van der Waals surface area contributed by atoms with Gasteiger partial charge in [-0.2, -0.15) is 0 Å². The molecule has 1 amide bonds. The Kier molecular flexibility index (Phi) is 2.78. The van der Waals surface area contributed by atoms with Crippen LogP contribution in [0.5, 0.6) is 0 Å². The minimum Gasteiger partial charge on any atom is -0.338 e. The number of amides is 1. The van der Waals surface area contributed by atoms with Crippen molar-refractivity contribution in [3.63, 3.8) is 0 Å². The molecule has 0 aliphatic carbocycles. The average molecular weight is 306 g/mol. The van der Waals surface area contributed by atoms with E-state index in [0.29, 0.717) is 6.54 Å². The van der Waals surface area contributed by atoms with Crippen LogP contribution >= 0.6 is 15.9 Å². The van der Waals surface area contributed by atoms with Crippen LogP contribution in [0.3, 0.4) is 0 Å². The van der Waals surface area contributed by atoms with Gasteiger partial charge in [-0.05, 0) is 33.6 Å². The summed E-state index contributed by atoms with van der Waals surface area (Å²) in [6.07, 6.45) is 2.56. The van der Waals surface area contributed by atoms with Gasteiger partial charge in [-0.1, -0.05) is 0 Å². The monoisotopic (exact) mass is 305 g/mol. The molecule has 2 aromatic rings. The first-order valence-corrected chi connectivity index (χ1v) is 6.62. The first-order chi connectivity index (χ1) is 8.63. The highest BCUT2D eigenvalue weighted by Crippen LogP contribution is 2.23. The maximum absolute atomic E-state index is 11.4. The van der Waals surface area contributed by atoms with Crippen molar-refractivity contribution in [3.05, 3.63) is 34.1 Å². The van der Waals surface area contributed by atoms with E-state index in [4.69, 9.17) is 0 Å². The molecule has 4 nitrogen and oxygen atoms in total. The molecule has 0 radical (unpaired) electrons. The van der Waals surface area contributed by atoms with Gasteiger partial charge in [0.15, 0.2) is 5.65 Å². The van der Waals surface area contributed by atoms with Crippen LogP contribution in [0.1, 0.15) is 18.2 Å². The Morgan fingerprint density at radius 2 is 2.28 bits per heavy atom. The second kappa shape index (κ2) is 4.31. The molecule has 92 valence electrons. The molecule has 0 atom stereocenters. The smallest absolute Gasteiger partial charge is 0.219 e. The third-order valence-corrected chi connectivity index (χ3v) is 3.66. The van der Waals surface area contributed by atoms with E-state index in [0.717, 1.165) is 39.7 Å². The summed E-state index contributed by atoms with van der Waals surface area (Å²) in [6.45, 7) is 3.01. The van der Waals surface area contributed by atoms with Crippen molar-refractivity contribution in [1.29, 1.82) is 0 Å². The fourth-order valence-corrected chi connectivity index (χ4v) is 2.61. The van der Waals surface area contributed by atoms with Crippen LogP contribution in [-0.4, -0.2) is 27.3 Å². The van der Waals surface area contributed by atoms with E-state index in [1.165, 1.54) is 0 Å². The third kappa shape index (κ3) is 1.99. The average Bonchev–Trinajstić information content (AvgIpc) is 2.35. The number of carbonyl (C=O) groups excluding carboxylic acids is 1. The van der Waals surface area contributed by atoms with Crippen molar-refractivity contribution in [2.45, 2.75) is 19.9 Å². The minimum atomic E-state index is 0.119. The maximum Gasteiger partial charge on any atom is 0.219 e. The number of rotatable bonds is 0. The molecule has 0 unspecified atom stereocenters. The van der Waals surface area contributed by atoms with Crippen molar-refractivity contribution in [2.24, 2.45) is 0 Å². The normalized spacial score (nSPS) is 14.7. The lowest BCUT2D eigenvalue weighted by molar-refractivity contribution is -0.129. The lowest BCUT2D eigenvalue weighted by Crippen LogP contribution is -2.34. The number of pyridine rings is 2. The number of hydrogen-bond donors (Lipinski definition) is 0. The summed E-state index contributed by atoms with van der Waals surface area (Å²) in [5.41, 5.74) is 2.96. The summed E-state index contributed by atoms with van der Waals surface area (Å²) in [5.74, 6) is 0.119. The highest BCUT2D eigenvalue weighted by Gasteiger charge is 2.19. The van der Waals surface area contributed by atoms with E-state index in [1.54, 1.807) is 13.1 Å². The van der Waals surface area contributed by atoms with E-state index >= 15 is 0 Å². The van der Waals surface area contributed by atoms with Crippen LogP contribution in [0, 0.1) is 0 Å². The third-order valence-electron chi connectivity index (χ3n) is 3.23. The topological polar surface area (TPSA) is 46.1 Å². The Balaban J connectivity index is 2.09. The lowest BCUT2D eigenvalue weighted by atomic mass is 10.0. The lowest BCUT2D eigenvalue weighted by Gasteiger charge is -2.27. The summed E-state index contributed by atoms with van der Waals surface area (Å²) in [5, 5.41) is 1.01. The highest BCUT2D eigenvalue weighted by atomic mass is 79.9. The predicted molar refractivity (Wildman–Crippen MR) is 72.0 cm³/mol. The standard InChI is InChI=1S/C13H12BrN3O/c1-8(18)17-3-2-12-10(7-17)4-9-5-11(14)6-15-13(9)16-12/h4-6H,2-3,7H2,1H3. The summed E-state index contributed by atoms with van der Waals surface area (Å²) < 4.78 is 0.941. The number of fused-ring (bicyclic) bond motifs is 2. The van der Waals surface area contributed by atoms with Crippen molar-refractivity contribution in [3.8, 4) is 0 Å². The van der Waals surface area contributed by atoms with Gasteiger partial charge in [0, 0.05) is 48.2 Å². The van der Waals surface area contributed by atoms with Gasteiger partial charge in [0.05, 0.1) is 0 Å². The van der Waals surface area contributed by atoms with Crippen molar-refractivity contribution in [1.82, 2.24) is 14.9 Å². The molecule has 5 heteroatoms. The molecular formula is C13H12BrN3O. The summed E-state index contributed by atoms with van der Waals surface area (Å²) in [7, 11) is 0. The molecule has 0 aromatic carbocycles. The molecule has 0 N–H and O–H groups in total. The van der Waals surface area contributed by atoms with Gasteiger partial charge < -0.3 is 4.90 Å². The summed E-state index contributed by atoms with van der Waals surface area (Å²) in [6, 6.07) is 4.09. The fourth-order valence-electron chi connectivity index (χ4n) is 2.27. The van der Waals surface area contributed by atoms with Gasteiger partial charge in [-0.15, -0.1) is 0 Å². The zero-order valence-electron chi connectivity index (χ0n) is 9.98. The predicted octanol–water partition coefficient (Wildman–Crippen LogP) is 2.30. The Morgan fingerprint density at radius 3 is 3.06 bits per heavy atom. The van der Waals surface area contributed by atoms with E-state index in [2.05, 4.69) is 32.0 Å². The zero-order chi connectivity index (χ0) is 12.7. The Bertz CT molecular complexity index is 641. The Morgan fingerprint density at radius 1 is 1.44 bits per heavy atom. The van der Waals surface area contributed by atoms with Crippen molar-refractivity contribution >= 4 is 32.9 Å². The number of carbonyl (C=O) groups is 1. The zero-order valence-corrected chi connectivity index (χ0v) is 11.6. The first kappa shape index (κ1) is 11.6. The summed E-state index contributed by atoms with van der Waals surface area (Å²) >= 11 is 3.41. The molecule has 3 rings (SSSR count).